The predicted molar refractivity (Wildman–Crippen MR) is 58.7 cm³/mol. The molecule has 2 nitrogen and oxygen atoms in total. The fourth-order valence-electron chi connectivity index (χ4n) is 1.32. The Morgan fingerprint density at radius 3 is 2.25 bits per heavy atom. The SMILES string of the molecule is CC(C)CONC(C)c1c(F)cccc1F. The van der Waals surface area contributed by atoms with Crippen LogP contribution >= 0.6 is 0 Å². The Morgan fingerprint density at radius 1 is 1.19 bits per heavy atom. The molecule has 0 saturated carbocycles. The summed E-state index contributed by atoms with van der Waals surface area (Å²) in [5.41, 5.74) is 2.64. The molecule has 0 radical (unpaired) electrons. The molecule has 4 heteroatoms. The average Bonchev–Trinajstić information content (AvgIpc) is 2.16. The number of benzene rings is 1. The highest BCUT2D eigenvalue weighted by Crippen LogP contribution is 2.20. The minimum atomic E-state index is -0.562. The van der Waals surface area contributed by atoms with Gasteiger partial charge < -0.3 is 4.84 Å². The molecule has 0 amide bonds. The van der Waals surface area contributed by atoms with Gasteiger partial charge in [0, 0.05) is 5.56 Å². The van der Waals surface area contributed by atoms with Crippen molar-refractivity contribution in [2.75, 3.05) is 6.61 Å². The normalized spacial score (nSPS) is 13.1. The molecule has 0 aromatic heterocycles. The van der Waals surface area contributed by atoms with E-state index in [1.165, 1.54) is 18.2 Å². The van der Waals surface area contributed by atoms with Crippen LogP contribution in [0.5, 0.6) is 0 Å². The lowest BCUT2D eigenvalue weighted by Gasteiger charge is -2.16. The summed E-state index contributed by atoms with van der Waals surface area (Å²) in [6.45, 7) is 6.15. The molecule has 90 valence electrons. The summed E-state index contributed by atoms with van der Waals surface area (Å²) in [7, 11) is 0. The van der Waals surface area contributed by atoms with E-state index in [-0.39, 0.29) is 5.56 Å². The lowest BCUT2D eigenvalue weighted by Crippen LogP contribution is -2.23. The molecule has 0 heterocycles. The van der Waals surface area contributed by atoms with E-state index in [4.69, 9.17) is 4.84 Å². The number of nitrogens with one attached hydrogen (secondary N) is 1. The van der Waals surface area contributed by atoms with Crippen LogP contribution in [0.1, 0.15) is 32.4 Å². The molecule has 0 aliphatic rings. The second-order valence-corrected chi connectivity index (χ2v) is 4.18. The Hall–Kier alpha value is -1.00. The van der Waals surface area contributed by atoms with Crippen LogP contribution in [0.2, 0.25) is 0 Å². The topological polar surface area (TPSA) is 21.3 Å². The van der Waals surface area contributed by atoms with Gasteiger partial charge in [0.25, 0.3) is 0 Å². The summed E-state index contributed by atoms with van der Waals surface area (Å²) >= 11 is 0. The zero-order valence-corrected chi connectivity index (χ0v) is 9.76. The molecule has 0 aliphatic heterocycles. The Balaban J connectivity index is 2.62. The molecule has 0 saturated heterocycles. The van der Waals surface area contributed by atoms with E-state index < -0.39 is 17.7 Å². The van der Waals surface area contributed by atoms with Crippen molar-refractivity contribution in [2.45, 2.75) is 26.8 Å². The number of rotatable bonds is 5. The quantitative estimate of drug-likeness (QED) is 0.783. The molecule has 1 unspecified atom stereocenters. The van der Waals surface area contributed by atoms with Crippen LogP contribution < -0.4 is 5.48 Å². The Bertz CT molecular complexity index is 322. The third-order valence-electron chi connectivity index (χ3n) is 2.11. The Morgan fingerprint density at radius 2 is 1.75 bits per heavy atom. The van der Waals surface area contributed by atoms with Gasteiger partial charge in [0.05, 0.1) is 12.6 Å². The largest absolute Gasteiger partial charge is 0.301 e. The van der Waals surface area contributed by atoms with Crippen molar-refractivity contribution < 1.29 is 13.6 Å². The summed E-state index contributed by atoms with van der Waals surface area (Å²) in [6.07, 6.45) is 0. The molecular weight excluding hydrogens is 212 g/mol. The lowest BCUT2D eigenvalue weighted by atomic mass is 10.1. The fraction of sp³-hybridized carbons (Fsp3) is 0.500. The molecule has 1 N–H and O–H groups in total. The highest BCUT2D eigenvalue weighted by Gasteiger charge is 2.15. The van der Waals surface area contributed by atoms with Crippen molar-refractivity contribution in [3.8, 4) is 0 Å². The first-order valence-electron chi connectivity index (χ1n) is 5.33. The van der Waals surface area contributed by atoms with Gasteiger partial charge in [-0.3, -0.25) is 0 Å². The Labute approximate surface area is 94.6 Å². The van der Waals surface area contributed by atoms with Crippen LogP contribution in [0.25, 0.3) is 0 Å². The summed E-state index contributed by atoms with van der Waals surface area (Å²) in [4.78, 5) is 5.14. The number of hydrogen-bond donors (Lipinski definition) is 1. The van der Waals surface area contributed by atoms with E-state index in [1.54, 1.807) is 6.92 Å². The smallest absolute Gasteiger partial charge is 0.130 e. The highest BCUT2D eigenvalue weighted by molar-refractivity contribution is 5.22. The third kappa shape index (κ3) is 3.54. The van der Waals surface area contributed by atoms with E-state index in [2.05, 4.69) is 5.48 Å². The maximum absolute atomic E-state index is 13.4. The van der Waals surface area contributed by atoms with E-state index in [0.717, 1.165) is 0 Å². The van der Waals surface area contributed by atoms with Crippen molar-refractivity contribution in [3.05, 3.63) is 35.4 Å². The van der Waals surface area contributed by atoms with Gasteiger partial charge in [-0.15, -0.1) is 0 Å². The number of hydroxylamine groups is 1. The molecule has 16 heavy (non-hydrogen) atoms. The molecule has 0 aliphatic carbocycles. The van der Waals surface area contributed by atoms with Gasteiger partial charge in [0.1, 0.15) is 11.6 Å². The maximum Gasteiger partial charge on any atom is 0.130 e. The highest BCUT2D eigenvalue weighted by atomic mass is 19.1. The van der Waals surface area contributed by atoms with Crippen LogP contribution in [0.3, 0.4) is 0 Å². The summed E-state index contributed by atoms with van der Waals surface area (Å²) in [6, 6.07) is 3.30. The third-order valence-corrected chi connectivity index (χ3v) is 2.11. The second-order valence-electron chi connectivity index (χ2n) is 4.18. The molecule has 0 spiro atoms. The van der Waals surface area contributed by atoms with Crippen LogP contribution in [0.4, 0.5) is 8.78 Å². The first-order chi connectivity index (χ1) is 7.52. The second kappa shape index (κ2) is 5.92. The van der Waals surface area contributed by atoms with Gasteiger partial charge in [0.15, 0.2) is 0 Å². The van der Waals surface area contributed by atoms with Gasteiger partial charge >= 0.3 is 0 Å². The van der Waals surface area contributed by atoms with Gasteiger partial charge in [-0.2, -0.15) is 5.48 Å². The molecule has 0 bridgehead atoms. The van der Waals surface area contributed by atoms with Gasteiger partial charge in [-0.25, -0.2) is 8.78 Å². The lowest BCUT2D eigenvalue weighted by molar-refractivity contribution is 0.00274. The first kappa shape index (κ1) is 13.1. The van der Waals surface area contributed by atoms with Gasteiger partial charge in [-0.1, -0.05) is 19.9 Å². The van der Waals surface area contributed by atoms with E-state index in [9.17, 15) is 8.78 Å². The molecule has 1 rings (SSSR count). The number of hydrogen-bond acceptors (Lipinski definition) is 2. The zero-order chi connectivity index (χ0) is 12.1. The Kier molecular flexibility index (Phi) is 4.83. The van der Waals surface area contributed by atoms with Crippen molar-refractivity contribution in [3.63, 3.8) is 0 Å². The van der Waals surface area contributed by atoms with Crippen LogP contribution in [0, 0.1) is 17.6 Å². The van der Waals surface area contributed by atoms with Crippen molar-refractivity contribution >= 4 is 0 Å². The fourth-order valence-corrected chi connectivity index (χ4v) is 1.32. The van der Waals surface area contributed by atoms with Gasteiger partial charge in [-0.05, 0) is 25.0 Å². The van der Waals surface area contributed by atoms with E-state index >= 15 is 0 Å². The standard InChI is InChI=1S/C12H17F2NO/c1-8(2)7-16-15-9(3)12-10(13)5-4-6-11(12)14/h4-6,8-9,15H,7H2,1-3H3. The first-order valence-corrected chi connectivity index (χ1v) is 5.33. The van der Waals surface area contributed by atoms with E-state index in [0.29, 0.717) is 12.5 Å². The minimum absolute atomic E-state index is 0.00579. The number of halogens is 2. The summed E-state index contributed by atoms with van der Waals surface area (Å²) in [5.74, 6) is -0.758. The van der Waals surface area contributed by atoms with E-state index in [1.807, 2.05) is 13.8 Å². The average molecular weight is 229 g/mol. The molecular formula is C12H17F2NO. The molecule has 0 fully saturated rings. The van der Waals surface area contributed by atoms with Crippen LogP contribution in [-0.4, -0.2) is 6.61 Å². The van der Waals surface area contributed by atoms with Crippen molar-refractivity contribution in [1.29, 1.82) is 0 Å². The van der Waals surface area contributed by atoms with Gasteiger partial charge in [0.2, 0.25) is 0 Å². The molecule has 1 aromatic carbocycles. The van der Waals surface area contributed by atoms with Crippen LogP contribution in [-0.2, 0) is 4.84 Å². The molecule has 1 atom stereocenters. The predicted octanol–water partition coefficient (Wildman–Crippen LogP) is 3.20. The molecule has 1 aromatic rings. The monoisotopic (exact) mass is 229 g/mol. The maximum atomic E-state index is 13.4. The van der Waals surface area contributed by atoms with Crippen molar-refractivity contribution in [1.82, 2.24) is 5.48 Å². The summed E-state index contributed by atoms with van der Waals surface area (Å²) < 4.78 is 26.7. The van der Waals surface area contributed by atoms with Crippen LogP contribution in [0.15, 0.2) is 18.2 Å². The van der Waals surface area contributed by atoms with Crippen molar-refractivity contribution in [2.24, 2.45) is 5.92 Å². The summed E-state index contributed by atoms with van der Waals surface area (Å²) in [5, 5.41) is 0. The zero-order valence-electron chi connectivity index (χ0n) is 9.76. The minimum Gasteiger partial charge on any atom is -0.301 e.